The lowest BCUT2D eigenvalue weighted by atomic mass is 9.65. The fraction of sp³-hybridized carbons (Fsp3) is 0.0189. The van der Waals surface area contributed by atoms with E-state index in [1.54, 1.807) is 0 Å². The highest BCUT2D eigenvalue weighted by atomic mass is 16.5. The van der Waals surface area contributed by atoms with E-state index in [1.807, 2.05) is 6.07 Å². The number of benzene rings is 16. The molecule has 2 aromatic heterocycles. The molecule has 0 radical (unpaired) electrons. The van der Waals surface area contributed by atoms with Crippen LogP contribution >= 0.6 is 0 Å². The first-order valence-electron chi connectivity index (χ1n) is 38.2. The number of nitrogens with zero attached hydrogens (tertiary/aromatic N) is 4. The molecule has 2 aliphatic heterocycles. The Bertz CT molecular complexity index is 6750. The fourth-order valence-corrected chi connectivity index (χ4v) is 18.2. The lowest BCUT2D eigenvalue weighted by Gasteiger charge is -2.39. The van der Waals surface area contributed by atoms with E-state index in [-0.39, 0.29) is 0 Å². The summed E-state index contributed by atoms with van der Waals surface area (Å²) in [6.45, 7) is 0. The molecule has 1 atom stereocenters. The summed E-state index contributed by atoms with van der Waals surface area (Å²) in [4.78, 5) is 21.6. The number of rotatable bonds is 11. The second-order valence-electron chi connectivity index (χ2n) is 29.4. The first-order chi connectivity index (χ1) is 55.5. The van der Waals surface area contributed by atoms with E-state index in [0.717, 1.165) is 157 Å². The number of aromatic nitrogens is 4. The van der Waals surface area contributed by atoms with Crippen molar-refractivity contribution in [1.29, 1.82) is 0 Å². The Hall–Kier alpha value is -14.7. The molecule has 16 aromatic carbocycles. The SMILES string of the molecule is c1ccc(-c2cc(-c3ccc4c(c3)C3(c5ccccc5Oc5ccc(-c6ccc(-c7nc(-c8ccccc8)cc(-c8ccccc8-c8ccccc8)n7)cc6)cc53)c3ccccc3-4)cc(-c3cc(-c4ccccc4)nc(-c4ccc(-c5ccc6c(c5)C5(c7ccccc7O6)c6ccccc6-c6ccccc65)cc4)n3)c2)cc1. The molecule has 0 saturated heterocycles. The largest absolute Gasteiger partial charge is 0.457 e. The lowest BCUT2D eigenvalue weighted by molar-refractivity contribution is 0.436. The summed E-state index contributed by atoms with van der Waals surface area (Å²) < 4.78 is 13.9. The van der Waals surface area contributed by atoms with Crippen LogP contribution in [0, 0.1) is 0 Å². The van der Waals surface area contributed by atoms with Gasteiger partial charge in [-0.25, -0.2) is 19.9 Å². The molecule has 18 aromatic rings. The van der Waals surface area contributed by atoms with Crippen molar-refractivity contribution in [1.82, 2.24) is 19.9 Å². The van der Waals surface area contributed by atoms with Gasteiger partial charge in [0.15, 0.2) is 11.6 Å². The zero-order valence-corrected chi connectivity index (χ0v) is 60.7. The second kappa shape index (κ2) is 26.0. The molecule has 522 valence electrons. The van der Waals surface area contributed by atoms with E-state index < -0.39 is 10.8 Å². The first kappa shape index (κ1) is 64.5. The Labute approximate surface area is 649 Å². The van der Waals surface area contributed by atoms with Crippen LogP contribution in [-0.2, 0) is 10.8 Å². The summed E-state index contributed by atoms with van der Waals surface area (Å²) in [7, 11) is 0. The third kappa shape index (κ3) is 10.3. The Morgan fingerprint density at radius 2 is 0.446 bits per heavy atom. The fourth-order valence-electron chi connectivity index (χ4n) is 18.2. The molecule has 6 nitrogen and oxygen atoms in total. The molecule has 1 unspecified atom stereocenters. The number of fused-ring (bicyclic) bond motifs is 18. The van der Waals surface area contributed by atoms with E-state index in [0.29, 0.717) is 11.6 Å². The summed E-state index contributed by atoms with van der Waals surface area (Å²) in [5, 5.41) is 0. The molecule has 4 aliphatic rings. The van der Waals surface area contributed by atoms with Crippen LogP contribution in [0.5, 0.6) is 23.0 Å². The van der Waals surface area contributed by atoms with Crippen LogP contribution in [-0.4, -0.2) is 19.9 Å². The Morgan fingerprint density at radius 3 is 0.938 bits per heavy atom. The molecule has 0 amide bonds. The summed E-state index contributed by atoms with van der Waals surface area (Å²) >= 11 is 0. The average molecular weight is 1430 g/mol. The van der Waals surface area contributed by atoms with Gasteiger partial charge in [-0.05, 0) is 173 Å². The highest BCUT2D eigenvalue weighted by Crippen LogP contribution is 2.65. The minimum atomic E-state index is -0.779. The predicted octanol–water partition coefficient (Wildman–Crippen LogP) is 26.5. The Morgan fingerprint density at radius 1 is 0.152 bits per heavy atom. The van der Waals surface area contributed by atoms with Gasteiger partial charge in [0.25, 0.3) is 0 Å². The standard InChI is InChI=1S/C106H66N4O2/c1-5-25-67(26-6-1)78-59-79(61-80(60-78)97-65-95(71-29-9-3-10-30-71)107-103(109-97)73-49-45-68(46-50-73)75-54-57-101-93(63-75)105(90-41-21-23-43-99(90)111-101)87-38-18-15-34-82(87)83-35-16-19-39-88(83)105)77-53-56-85-84-36-17-20-40-89(84)106(92(85)62-77)91-42-22-24-44-100(91)112-102-58-55-76(64-94(102)106)69-47-51-74(52-48-69)104-108-96(72-31-11-4-12-32-72)66-98(110-104)86-37-14-13-33-81(86)70-27-7-2-8-28-70/h1-66H. The van der Waals surface area contributed by atoms with Crippen LogP contribution in [0.2, 0.25) is 0 Å². The zero-order valence-electron chi connectivity index (χ0n) is 60.7. The van der Waals surface area contributed by atoms with E-state index >= 15 is 0 Å². The van der Waals surface area contributed by atoms with Gasteiger partial charge in [0, 0.05) is 55.6 Å². The van der Waals surface area contributed by atoms with E-state index in [9.17, 15) is 0 Å². The van der Waals surface area contributed by atoms with Crippen molar-refractivity contribution in [3.05, 3.63) is 445 Å². The molecule has 0 N–H and O–H groups in total. The quantitative estimate of drug-likeness (QED) is 0.129. The van der Waals surface area contributed by atoms with Gasteiger partial charge in [-0.1, -0.05) is 328 Å². The summed E-state index contributed by atoms with van der Waals surface area (Å²) in [5.41, 5.74) is 32.9. The molecule has 6 heteroatoms. The van der Waals surface area contributed by atoms with Crippen molar-refractivity contribution in [2.45, 2.75) is 10.8 Å². The van der Waals surface area contributed by atoms with Gasteiger partial charge >= 0.3 is 0 Å². The topological polar surface area (TPSA) is 70.0 Å². The molecule has 2 aliphatic carbocycles. The van der Waals surface area contributed by atoms with E-state index in [2.05, 4.69) is 394 Å². The second-order valence-corrected chi connectivity index (χ2v) is 29.4. The highest BCUT2D eigenvalue weighted by Gasteiger charge is 2.53. The van der Waals surface area contributed by atoms with Gasteiger partial charge in [0.05, 0.1) is 33.6 Å². The molecule has 0 bridgehead atoms. The van der Waals surface area contributed by atoms with E-state index in [4.69, 9.17) is 29.4 Å². The van der Waals surface area contributed by atoms with E-state index in [1.165, 1.54) is 44.5 Å². The maximum Gasteiger partial charge on any atom is 0.160 e. The summed E-state index contributed by atoms with van der Waals surface area (Å²) in [6, 6.07) is 144. The van der Waals surface area contributed by atoms with Crippen molar-refractivity contribution in [3.63, 3.8) is 0 Å². The molecule has 112 heavy (non-hydrogen) atoms. The maximum absolute atomic E-state index is 7.08. The van der Waals surface area contributed by atoms with Gasteiger partial charge < -0.3 is 9.47 Å². The molecular formula is C106H66N4O2. The monoisotopic (exact) mass is 1430 g/mol. The number of hydrogen-bond donors (Lipinski definition) is 0. The van der Waals surface area contributed by atoms with Gasteiger partial charge in [0.2, 0.25) is 0 Å². The van der Waals surface area contributed by atoms with Crippen LogP contribution in [0.4, 0.5) is 0 Å². The molecule has 4 heterocycles. The smallest absolute Gasteiger partial charge is 0.160 e. The normalized spacial score (nSPS) is 14.0. The number of para-hydroxylation sites is 2. The highest BCUT2D eigenvalue weighted by molar-refractivity contribution is 5.94. The molecule has 0 saturated carbocycles. The molecule has 0 fully saturated rings. The third-order valence-electron chi connectivity index (χ3n) is 23.3. The van der Waals surface area contributed by atoms with Crippen molar-refractivity contribution >= 4 is 0 Å². The van der Waals surface area contributed by atoms with Gasteiger partial charge in [-0.15, -0.1) is 0 Å². The van der Waals surface area contributed by atoms with Gasteiger partial charge in [-0.2, -0.15) is 0 Å². The molecular weight excluding hydrogens is 1360 g/mol. The summed E-state index contributed by atoms with van der Waals surface area (Å²) in [5.74, 6) is 4.66. The van der Waals surface area contributed by atoms with Crippen molar-refractivity contribution in [2.24, 2.45) is 0 Å². The van der Waals surface area contributed by atoms with Crippen LogP contribution in [0.15, 0.2) is 400 Å². The van der Waals surface area contributed by atoms with Crippen LogP contribution in [0.3, 0.4) is 0 Å². The zero-order chi connectivity index (χ0) is 73.9. The Kier molecular flexibility index (Phi) is 15.0. The molecule has 22 rings (SSSR count). The van der Waals surface area contributed by atoms with Crippen LogP contribution in [0.1, 0.15) is 44.5 Å². The minimum Gasteiger partial charge on any atom is -0.457 e. The van der Waals surface area contributed by atoms with Gasteiger partial charge in [-0.3, -0.25) is 0 Å². The lowest BCUT2D eigenvalue weighted by Crippen LogP contribution is -2.32. The number of ether oxygens (including phenoxy) is 2. The molecule has 2 spiro atoms. The third-order valence-corrected chi connectivity index (χ3v) is 23.3. The average Bonchev–Trinajstić information content (AvgIpc) is 1.44. The van der Waals surface area contributed by atoms with Crippen molar-refractivity contribution in [2.75, 3.05) is 0 Å². The first-order valence-corrected chi connectivity index (χ1v) is 38.2. The Balaban J connectivity index is 0.653. The maximum atomic E-state index is 7.08. The minimum absolute atomic E-state index is 0.577. The predicted molar refractivity (Wildman–Crippen MR) is 452 cm³/mol. The van der Waals surface area contributed by atoms with Crippen LogP contribution < -0.4 is 9.47 Å². The van der Waals surface area contributed by atoms with Gasteiger partial charge in [0.1, 0.15) is 23.0 Å². The summed E-state index contributed by atoms with van der Waals surface area (Å²) in [6.07, 6.45) is 0. The van der Waals surface area contributed by atoms with Crippen molar-refractivity contribution < 1.29 is 9.47 Å². The number of hydrogen-bond acceptors (Lipinski definition) is 6. The van der Waals surface area contributed by atoms with Crippen LogP contribution in [0.25, 0.3) is 146 Å². The van der Waals surface area contributed by atoms with Crippen molar-refractivity contribution in [3.8, 4) is 169 Å².